The van der Waals surface area contributed by atoms with Crippen LogP contribution in [0.5, 0.6) is 0 Å². The fourth-order valence-corrected chi connectivity index (χ4v) is 4.85. The molecular formula is C22H23N5O3. The predicted octanol–water partition coefficient (Wildman–Crippen LogP) is 0.855. The molecule has 2 aromatic rings. The lowest BCUT2D eigenvalue weighted by Crippen LogP contribution is -2.44. The molecule has 3 aliphatic heterocycles. The second-order valence-electron chi connectivity index (χ2n) is 8.16. The Morgan fingerprint density at radius 3 is 2.83 bits per heavy atom. The molecule has 154 valence electrons. The molecule has 0 aromatic carbocycles. The first-order chi connectivity index (χ1) is 14.6. The molecule has 0 saturated carbocycles. The zero-order valence-electron chi connectivity index (χ0n) is 16.7. The van der Waals surface area contributed by atoms with Crippen LogP contribution in [0, 0.1) is 11.8 Å². The molecule has 2 aromatic heterocycles. The molecule has 0 unspecified atom stereocenters. The third-order valence-electron chi connectivity index (χ3n) is 6.30. The van der Waals surface area contributed by atoms with Gasteiger partial charge in [-0.2, -0.15) is 0 Å². The van der Waals surface area contributed by atoms with Crippen LogP contribution in [0.3, 0.4) is 0 Å². The summed E-state index contributed by atoms with van der Waals surface area (Å²) in [6.45, 7) is 1.46. The average molecular weight is 405 g/mol. The van der Waals surface area contributed by atoms with Crippen molar-refractivity contribution in [3.63, 3.8) is 0 Å². The Balaban J connectivity index is 1.31. The summed E-state index contributed by atoms with van der Waals surface area (Å²) in [4.78, 5) is 42.2. The fraction of sp³-hybridized carbons (Fsp3) is 0.409. The molecule has 4 atom stereocenters. The van der Waals surface area contributed by atoms with Gasteiger partial charge in [0.25, 0.3) is 0 Å². The van der Waals surface area contributed by atoms with Gasteiger partial charge in [-0.1, -0.05) is 12.2 Å². The number of fused-ring (bicyclic) bond motifs is 1. The minimum Gasteiger partial charge on any atom is -0.360 e. The monoisotopic (exact) mass is 405 g/mol. The van der Waals surface area contributed by atoms with E-state index in [9.17, 15) is 9.59 Å². The average Bonchev–Trinajstić information content (AvgIpc) is 3.41. The summed E-state index contributed by atoms with van der Waals surface area (Å²) < 4.78 is 6.21. The van der Waals surface area contributed by atoms with Gasteiger partial charge < -0.3 is 14.5 Å². The highest BCUT2D eigenvalue weighted by Crippen LogP contribution is 2.52. The number of aromatic nitrogens is 3. The molecule has 2 saturated heterocycles. The predicted molar refractivity (Wildman–Crippen MR) is 107 cm³/mol. The Kier molecular flexibility index (Phi) is 4.58. The first-order valence-corrected chi connectivity index (χ1v) is 10.1. The summed E-state index contributed by atoms with van der Waals surface area (Å²) in [6, 6.07) is 5.69. The van der Waals surface area contributed by atoms with Crippen molar-refractivity contribution < 1.29 is 14.3 Å². The van der Waals surface area contributed by atoms with Crippen molar-refractivity contribution in [2.24, 2.45) is 11.8 Å². The summed E-state index contributed by atoms with van der Waals surface area (Å²) in [6.07, 6.45) is 11.0. The third-order valence-corrected chi connectivity index (χ3v) is 6.30. The Hall–Kier alpha value is -3.13. The van der Waals surface area contributed by atoms with Gasteiger partial charge in [-0.3, -0.25) is 14.6 Å². The lowest BCUT2D eigenvalue weighted by molar-refractivity contribution is -0.142. The van der Waals surface area contributed by atoms with Crippen LogP contribution in [0.15, 0.2) is 55.3 Å². The molecule has 2 amide bonds. The van der Waals surface area contributed by atoms with Crippen molar-refractivity contribution in [3.05, 3.63) is 66.5 Å². The number of nitrogens with zero attached hydrogens (tertiary/aromatic N) is 5. The van der Waals surface area contributed by atoms with Crippen molar-refractivity contribution in [3.8, 4) is 0 Å². The van der Waals surface area contributed by atoms with Crippen LogP contribution in [0.25, 0.3) is 0 Å². The largest absolute Gasteiger partial charge is 0.360 e. The maximum Gasteiger partial charge on any atom is 0.230 e. The molecule has 2 fully saturated rings. The van der Waals surface area contributed by atoms with Gasteiger partial charge in [0.05, 0.1) is 36.7 Å². The lowest BCUT2D eigenvalue weighted by atomic mass is 9.76. The molecule has 0 N–H and O–H groups in total. The number of carbonyl (C=O) groups is 2. The zero-order valence-corrected chi connectivity index (χ0v) is 16.7. The SMILES string of the molecule is CN(Cc1ccncn1)C(=O)[C@H]1[C@@H]2C=C[C@@]3(CN(CCc4ccncc4)C(=O)[C@H]13)O2. The van der Waals surface area contributed by atoms with Gasteiger partial charge in [0, 0.05) is 32.2 Å². The highest BCUT2D eigenvalue weighted by Gasteiger charge is 2.66. The van der Waals surface area contributed by atoms with E-state index in [1.165, 1.54) is 6.33 Å². The highest BCUT2D eigenvalue weighted by atomic mass is 16.5. The first-order valence-electron chi connectivity index (χ1n) is 10.1. The van der Waals surface area contributed by atoms with Crippen molar-refractivity contribution in [2.45, 2.75) is 24.7 Å². The number of carbonyl (C=O) groups excluding carboxylic acids is 2. The van der Waals surface area contributed by atoms with Crippen molar-refractivity contribution in [1.82, 2.24) is 24.8 Å². The van der Waals surface area contributed by atoms with Gasteiger partial charge >= 0.3 is 0 Å². The summed E-state index contributed by atoms with van der Waals surface area (Å²) >= 11 is 0. The number of ether oxygens (including phenoxy) is 1. The molecule has 0 radical (unpaired) electrons. The Morgan fingerprint density at radius 1 is 1.27 bits per heavy atom. The van der Waals surface area contributed by atoms with Gasteiger partial charge in [-0.15, -0.1) is 0 Å². The Morgan fingerprint density at radius 2 is 2.07 bits per heavy atom. The number of hydrogen-bond donors (Lipinski definition) is 0. The first kappa shape index (κ1) is 18.9. The highest BCUT2D eigenvalue weighted by molar-refractivity contribution is 5.93. The van der Waals surface area contributed by atoms with Crippen LogP contribution in [-0.2, 0) is 27.3 Å². The smallest absolute Gasteiger partial charge is 0.230 e. The van der Waals surface area contributed by atoms with E-state index in [0.717, 1.165) is 17.7 Å². The molecule has 30 heavy (non-hydrogen) atoms. The van der Waals surface area contributed by atoms with Crippen LogP contribution in [0.4, 0.5) is 0 Å². The van der Waals surface area contributed by atoms with E-state index in [1.54, 1.807) is 36.6 Å². The maximum absolute atomic E-state index is 13.3. The molecular weight excluding hydrogens is 382 g/mol. The number of rotatable bonds is 6. The second-order valence-corrected chi connectivity index (χ2v) is 8.16. The Bertz CT molecular complexity index is 983. The van der Waals surface area contributed by atoms with Crippen LogP contribution in [-0.4, -0.2) is 68.4 Å². The van der Waals surface area contributed by atoms with E-state index in [2.05, 4.69) is 15.0 Å². The van der Waals surface area contributed by atoms with Crippen molar-refractivity contribution in [1.29, 1.82) is 0 Å². The van der Waals surface area contributed by atoms with E-state index in [4.69, 9.17) is 4.74 Å². The number of likely N-dealkylation sites (tertiary alicyclic amines) is 1. The Labute approximate surface area is 174 Å². The normalized spacial score (nSPS) is 28.8. The zero-order chi connectivity index (χ0) is 20.7. The molecule has 8 heteroatoms. The third kappa shape index (κ3) is 3.08. The van der Waals surface area contributed by atoms with E-state index >= 15 is 0 Å². The topological polar surface area (TPSA) is 88.5 Å². The van der Waals surface area contributed by atoms with Crippen LogP contribution >= 0.6 is 0 Å². The van der Waals surface area contributed by atoms with Crippen LogP contribution in [0.2, 0.25) is 0 Å². The summed E-state index contributed by atoms with van der Waals surface area (Å²) in [5.41, 5.74) is 1.20. The molecule has 2 bridgehead atoms. The number of pyridine rings is 1. The summed E-state index contributed by atoms with van der Waals surface area (Å²) in [5, 5.41) is 0. The van der Waals surface area contributed by atoms with Gasteiger partial charge in [-0.05, 0) is 30.2 Å². The van der Waals surface area contributed by atoms with Gasteiger partial charge in [0.2, 0.25) is 11.8 Å². The minimum absolute atomic E-state index is 0.00434. The van der Waals surface area contributed by atoms with E-state index in [1.807, 2.05) is 29.2 Å². The molecule has 5 rings (SSSR count). The molecule has 5 heterocycles. The lowest BCUT2D eigenvalue weighted by Gasteiger charge is -2.27. The molecule has 3 aliphatic rings. The molecule has 8 nitrogen and oxygen atoms in total. The number of amides is 2. The summed E-state index contributed by atoms with van der Waals surface area (Å²) in [5.74, 6) is -1.05. The second kappa shape index (κ2) is 7.28. The van der Waals surface area contributed by atoms with Gasteiger partial charge in [0.1, 0.15) is 11.9 Å². The van der Waals surface area contributed by atoms with E-state index in [0.29, 0.717) is 19.6 Å². The quantitative estimate of drug-likeness (QED) is 0.663. The van der Waals surface area contributed by atoms with E-state index in [-0.39, 0.29) is 17.9 Å². The fourth-order valence-electron chi connectivity index (χ4n) is 4.85. The summed E-state index contributed by atoms with van der Waals surface area (Å²) in [7, 11) is 1.74. The molecule has 0 aliphatic carbocycles. The minimum atomic E-state index is -0.684. The van der Waals surface area contributed by atoms with Crippen LogP contribution in [0.1, 0.15) is 11.3 Å². The maximum atomic E-state index is 13.3. The van der Waals surface area contributed by atoms with Crippen molar-refractivity contribution >= 4 is 11.8 Å². The van der Waals surface area contributed by atoms with E-state index < -0.39 is 17.4 Å². The van der Waals surface area contributed by atoms with Crippen molar-refractivity contribution in [2.75, 3.05) is 20.1 Å². The van der Waals surface area contributed by atoms with Gasteiger partial charge in [0.15, 0.2) is 0 Å². The number of hydrogen-bond acceptors (Lipinski definition) is 6. The van der Waals surface area contributed by atoms with Gasteiger partial charge in [-0.25, -0.2) is 9.97 Å². The van der Waals surface area contributed by atoms with Crippen LogP contribution < -0.4 is 0 Å². The standard InChI is InChI=1S/C22H23N5O3/c1-26(12-16-5-10-24-14-25-16)20(28)18-17-2-7-22(30-17)13-27(21(29)19(18)22)11-6-15-3-8-23-9-4-15/h2-5,7-10,14,17-19H,6,11-13H2,1H3/t17-,18-,19-,22-/m0/s1. The molecule has 1 spiro atoms.